The van der Waals surface area contributed by atoms with Crippen LogP contribution in [-0.2, 0) is 9.59 Å². The van der Waals surface area contributed by atoms with Crippen molar-refractivity contribution in [3.05, 3.63) is 54.4 Å². The summed E-state index contributed by atoms with van der Waals surface area (Å²) in [7, 11) is 0. The summed E-state index contributed by atoms with van der Waals surface area (Å²) in [6, 6.07) is 10.5. The van der Waals surface area contributed by atoms with Crippen molar-refractivity contribution in [2.24, 2.45) is 0 Å². The molecule has 1 aliphatic heterocycles. The van der Waals surface area contributed by atoms with Gasteiger partial charge >= 0.3 is 0 Å². The number of rotatable bonds is 4. The number of amides is 3. The van der Waals surface area contributed by atoms with Gasteiger partial charge in [0.2, 0.25) is 11.8 Å². The fraction of sp³-hybridized carbons (Fsp3) is 0.278. The first kappa shape index (κ1) is 14.7. The van der Waals surface area contributed by atoms with Crippen molar-refractivity contribution in [2.45, 2.75) is 31.3 Å². The van der Waals surface area contributed by atoms with Crippen LogP contribution < -0.4 is 5.32 Å². The minimum Gasteiger partial charge on any atom is -0.324 e. The Hall–Kier alpha value is -2.89. The Morgan fingerprint density at radius 3 is 2.29 bits per heavy atom. The van der Waals surface area contributed by atoms with Gasteiger partial charge < -0.3 is 9.47 Å². The molecule has 0 spiro atoms. The molecule has 3 amide bonds. The second-order valence-corrected chi connectivity index (χ2v) is 6.21. The summed E-state index contributed by atoms with van der Waals surface area (Å²) in [6.07, 6.45) is 5.68. The van der Waals surface area contributed by atoms with Crippen LogP contribution in [0.15, 0.2) is 48.8 Å². The SMILES string of the molecule is O=C1C[C@@H](N(C(=O)c2ccc(-n3cccc3)cc2)C2CC2)C(=O)N1. The number of hydrogen-bond donors (Lipinski definition) is 1. The minimum absolute atomic E-state index is 0.0581. The molecule has 24 heavy (non-hydrogen) atoms. The number of hydrogen-bond acceptors (Lipinski definition) is 3. The van der Waals surface area contributed by atoms with E-state index in [-0.39, 0.29) is 30.2 Å². The predicted octanol–water partition coefficient (Wildman–Crippen LogP) is 1.50. The molecule has 1 atom stereocenters. The van der Waals surface area contributed by atoms with Crippen LogP contribution in [0.25, 0.3) is 5.69 Å². The fourth-order valence-electron chi connectivity index (χ4n) is 3.11. The van der Waals surface area contributed by atoms with E-state index in [9.17, 15) is 14.4 Å². The average Bonchev–Trinajstić information content (AvgIpc) is 3.14. The minimum atomic E-state index is -0.679. The molecule has 2 heterocycles. The lowest BCUT2D eigenvalue weighted by atomic mass is 10.1. The lowest BCUT2D eigenvalue weighted by Gasteiger charge is -2.26. The smallest absolute Gasteiger partial charge is 0.254 e. The monoisotopic (exact) mass is 323 g/mol. The van der Waals surface area contributed by atoms with Crippen molar-refractivity contribution in [3.63, 3.8) is 0 Å². The van der Waals surface area contributed by atoms with Crippen molar-refractivity contribution in [2.75, 3.05) is 0 Å². The van der Waals surface area contributed by atoms with E-state index in [4.69, 9.17) is 0 Å². The van der Waals surface area contributed by atoms with Gasteiger partial charge in [-0.05, 0) is 49.2 Å². The topological polar surface area (TPSA) is 71.4 Å². The first-order valence-electron chi connectivity index (χ1n) is 8.03. The Morgan fingerprint density at radius 1 is 1.08 bits per heavy atom. The third-order valence-electron chi connectivity index (χ3n) is 4.47. The molecule has 1 aliphatic carbocycles. The van der Waals surface area contributed by atoms with Gasteiger partial charge in [0.25, 0.3) is 5.91 Å². The number of carbonyl (C=O) groups is 3. The Kier molecular flexibility index (Phi) is 3.45. The van der Waals surface area contributed by atoms with E-state index in [1.807, 2.05) is 41.2 Å². The zero-order valence-corrected chi connectivity index (χ0v) is 13.0. The highest BCUT2D eigenvalue weighted by Crippen LogP contribution is 2.32. The maximum Gasteiger partial charge on any atom is 0.254 e. The highest BCUT2D eigenvalue weighted by molar-refractivity contribution is 6.08. The van der Waals surface area contributed by atoms with Gasteiger partial charge in [0.05, 0.1) is 6.42 Å². The van der Waals surface area contributed by atoms with Crippen molar-refractivity contribution in [1.82, 2.24) is 14.8 Å². The summed E-state index contributed by atoms with van der Waals surface area (Å²) in [5.41, 5.74) is 1.49. The molecule has 0 bridgehead atoms. The van der Waals surface area contributed by atoms with Crippen LogP contribution in [0, 0.1) is 0 Å². The molecule has 2 aliphatic rings. The highest BCUT2D eigenvalue weighted by Gasteiger charge is 2.44. The number of benzene rings is 1. The molecular weight excluding hydrogens is 306 g/mol. The van der Waals surface area contributed by atoms with Crippen LogP contribution in [0.5, 0.6) is 0 Å². The molecule has 1 N–H and O–H groups in total. The summed E-state index contributed by atoms with van der Waals surface area (Å²) in [5.74, 6) is -0.873. The molecule has 1 saturated carbocycles. The van der Waals surface area contributed by atoms with Gasteiger partial charge in [0.1, 0.15) is 6.04 Å². The van der Waals surface area contributed by atoms with E-state index in [1.165, 1.54) is 0 Å². The lowest BCUT2D eigenvalue weighted by molar-refractivity contribution is -0.126. The maximum absolute atomic E-state index is 12.9. The zero-order chi connectivity index (χ0) is 16.7. The van der Waals surface area contributed by atoms with Crippen molar-refractivity contribution >= 4 is 17.7 Å². The van der Waals surface area contributed by atoms with Gasteiger partial charge in [-0.25, -0.2) is 0 Å². The lowest BCUT2D eigenvalue weighted by Crippen LogP contribution is -2.45. The van der Waals surface area contributed by atoms with Gasteiger partial charge in [0, 0.05) is 29.7 Å². The van der Waals surface area contributed by atoms with E-state index >= 15 is 0 Å². The number of aromatic nitrogens is 1. The van der Waals surface area contributed by atoms with Gasteiger partial charge in [-0.3, -0.25) is 19.7 Å². The van der Waals surface area contributed by atoms with Gasteiger partial charge in [-0.1, -0.05) is 0 Å². The molecule has 4 rings (SSSR count). The molecule has 6 nitrogen and oxygen atoms in total. The van der Waals surface area contributed by atoms with Gasteiger partial charge in [0.15, 0.2) is 0 Å². The molecule has 0 unspecified atom stereocenters. The summed E-state index contributed by atoms with van der Waals surface area (Å²) >= 11 is 0. The van der Waals surface area contributed by atoms with Gasteiger partial charge in [-0.15, -0.1) is 0 Å². The molecule has 122 valence electrons. The summed E-state index contributed by atoms with van der Waals surface area (Å²) in [4.78, 5) is 37.9. The number of imide groups is 1. The van der Waals surface area contributed by atoms with E-state index in [0.717, 1.165) is 18.5 Å². The third-order valence-corrected chi connectivity index (χ3v) is 4.47. The maximum atomic E-state index is 12.9. The van der Waals surface area contributed by atoms with Gasteiger partial charge in [-0.2, -0.15) is 0 Å². The highest BCUT2D eigenvalue weighted by atomic mass is 16.2. The fourth-order valence-corrected chi connectivity index (χ4v) is 3.11. The molecular formula is C18H17N3O3. The van der Waals surface area contributed by atoms with Crippen molar-refractivity contribution < 1.29 is 14.4 Å². The Bertz CT molecular complexity index is 791. The standard InChI is InChI=1S/C18H17N3O3/c22-16-11-15(17(23)19-16)21(14-7-8-14)18(24)12-3-5-13(6-4-12)20-9-1-2-10-20/h1-6,9-10,14-15H,7-8,11H2,(H,19,22,23)/t15-/m1/s1. The van der Waals surface area contributed by atoms with Crippen LogP contribution >= 0.6 is 0 Å². The molecule has 2 aromatic rings. The van der Waals surface area contributed by atoms with Crippen LogP contribution in [0.3, 0.4) is 0 Å². The molecule has 0 radical (unpaired) electrons. The Balaban J connectivity index is 1.59. The second-order valence-electron chi connectivity index (χ2n) is 6.21. The number of nitrogens with one attached hydrogen (secondary N) is 1. The van der Waals surface area contributed by atoms with Crippen LogP contribution in [-0.4, -0.2) is 39.3 Å². The normalized spacial score (nSPS) is 20.1. The van der Waals surface area contributed by atoms with Crippen LogP contribution in [0.2, 0.25) is 0 Å². The molecule has 6 heteroatoms. The van der Waals surface area contributed by atoms with E-state index in [0.29, 0.717) is 5.56 Å². The zero-order valence-electron chi connectivity index (χ0n) is 13.0. The largest absolute Gasteiger partial charge is 0.324 e. The quantitative estimate of drug-likeness (QED) is 0.867. The van der Waals surface area contributed by atoms with Crippen molar-refractivity contribution in [3.8, 4) is 5.69 Å². The predicted molar refractivity (Wildman–Crippen MR) is 86.5 cm³/mol. The average molecular weight is 323 g/mol. The third kappa shape index (κ3) is 2.60. The summed E-state index contributed by atoms with van der Waals surface area (Å²) in [5, 5.41) is 2.29. The Labute approximate surface area is 139 Å². The van der Waals surface area contributed by atoms with E-state index in [1.54, 1.807) is 17.0 Å². The number of carbonyl (C=O) groups excluding carboxylic acids is 3. The molecule has 1 aromatic heterocycles. The molecule has 2 fully saturated rings. The van der Waals surface area contributed by atoms with E-state index < -0.39 is 6.04 Å². The second kappa shape index (κ2) is 5.63. The summed E-state index contributed by atoms with van der Waals surface area (Å²) < 4.78 is 1.95. The number of nitrogens with zero attached hydrogens (tertiary/aromatic N) is 2. The first-order chi connectivity index (χ1) is 11.6. The van der Waals surface area contributed by atoms with Crippen LogP contribution in [0.1, 0.15) is 29.6 Å². The van der Waals surface area contributed by atoms with Crippen LogP contribution in [0.4, 0.5) is 0 Å². The summed E-state index contributed by atoms with van der Waals surface area (Å²) in [6.45, 7) is 0. The van der Waals surface area contributed by atoms with Crippen molar-refractivity contribution in [1.29, 1.82) is 0 Å². The molecule has 1 saturated heterocycles. The Morgan fingerprint density at radius 2 is 1.75 bits per heavy atom. The van der Waals surface area contributed by atoms with E-state index in [2.05, 4.69) is 5.32 Å². The molecule has 1 aromatic carbocycles. The first-order valence-corrected chi connectivity index (χ1v) is 8.03.